The van der Waals surface area contributed by atoms with Crippen LogP contribution < -0.4 is 10.0 Å². The Morgan fingerprint density at radius 1 is 1.17 bits per heavy atom. The molecule has 4 rings (SSSR count). The number of aryl methyl sites for hydroxylation is 1. The Balaban J connectivity index is 1.31. The van der Waals surface area contributed by atoms with E-state index in [9.17, 15) is 13.2 Å². The topological polar surface area (TPSA) is 114 Å². The van der Waals surface area contributed by atoms with Crippen LogP contribution in [0.2, 0.25) is 0 Å². The smallest absolute Gasteiger partial charge is 0.249 e. The first-order valence-electron chi connectivity index (χ1n) is 10.6. The number of hydrogen-bond acceptors (Lipinski definition) is 6. The van der Waals surface area contributed by atoms with Crippen molar-refractivity contribution in [3.63, 3.8) is 0 Å². The van der Waals surface area contributed by atoms with Gasteiger partial charge in [0.2, 0.25) is 21.8 Å². The Hall–Kier alpha value is -2.26. The summed E-state index contributed by atoms with van der Waals surface area (Å²) in [5, 5.41) is 7.04. The van der Waals surface area contributed by atoms with Crippen LogP contribution in [-0.4, -0.2) is 30.5 Å². The van der Waals surface area contributed by atoms with Crippen molar-refractivity contribution in [1.82, 2.24) is 20.2 Å². The summed E-state index contributed by atoms with van der Waals surface area (Å²) in [5.74, 6) is 1.60. The molecule has 1 heterocycles. The van der Waals surface area contributed by atoms with Gasteiger partial charge in [-0.15, -0.1) is 0 Å². The maximum Gasteiger partial charge on any atom is 0.249 e. The number of nitrogens with one attached hydrogen (secondary N) is 2. The summed E-state index contributed by atoms with van der Waals surface area (Å²) in [6.07, 6.45) is 4.79. The average molecular weight is 433 g/mol. The Morgan fingerprint density at radius 3 is 2.47 bits per heavy atom. The summed E-state index contributed by atoms with van der Waals surface area (Å²) >= 11 is 0. The summed E-state index contributed by atoms with van der Waals surface area (Å²) in [7, 11) is -3.45. The minimum absolute atomic E-state index is 0.0754. The van der Waals surface area contributed by atoms with Crippen LogP contribution in [0.4, 0.5) is 0 Å². The van der Waals surface area contributed by atoms with Gasteiger partial charge in [-0.05, 0) is 55.7 Å². The first kappa shape index (κ1) is 21.0. The number of benzene rings is 1. The second kappa shape index (κ2) is 8.47. The van der Waals surface area contributed by atoms with Crippen molar-refractivity contribution in [2.75, 3.05) is 0 Å². The molecule has 1 atom stereocenters. The SMILES string of the molecule is CC(C)C(NC(=O)CCc1ccc(S(=O)(=O)NC2CC2)cc1)c1nc(C2CC2)no1. The van der Waals surface area contributed by atoms with Crippen LogP contribution in [0.1, 0.15) is 75.2 Å². The molecule has 1 amide bonds. The zero-order chi connectivity index (χ0) is 21.3. The van der Waals surface area contributed by atoms with Crippen molar-refractivity contribution in [3.8, 4) is 0 Å². The molecule has 2 aromatic rings. The molecule has 2 fully saturated rings. The lowest BCUT2D eigenvalue weighted by molar-refractivity contribution is -0.122. The highest BCUT2D eigenvalue weighted by molar-refractivity contribution is 7.89. The maximum absolute atomic E-state index is 12.5. The van der Waals surface area contributed by atoms with Gasteiger partial charge in [0.25, 0.3) is 0 Å². The van der Waals surface area contributed by atoms with E-state index in [2.05, 4.69) is 20.2 Å². The Labute approximate surface area is 176 Å². The van der Waals surface area contributed by atoms with Crippen LogP contribution in [-0.2, 0) is 21.2 Å². The van der Waals surface area contributed by atoms with E-state index in [0.717, 1.165) is 37.1 Å². The van der Waals surface area contributed by atoms with Gasteiger partial charge in [-0.25, -0.2) is 13.1 Å². The highest BCUT2D eigenvalue weighted by Crippen LogP contribution is 2.38. The highest BCUT2D eigenvalue weighted by Gasteiger charge is 2.31. The minimum Gasteiger partial charge on any atom is -0.344 e. The predicted molar refractivity (Wildman–Crippen MR) is 110 cm³/mol. The number of carbonyl (C=O) groups excluding carboxylic acids is 1. The summed E-state index contributed by atoms with van der Waals surface area (Å²) in [6, 6.07) is 6.45. The third-order valence-corrected chi connectivity index (χ3v) is 6.96. The molecule has 2 saturated carbocycles. The molecular formula is C21H28N4O4S. The van der Waals surface area contributed by atoms with Crippen LogP contribution in [0, 0.1) is 5.92 Å². The fraction of sp³-hybridized carbons (Fsp3) is 0.571. The second-order valence-electron chi connectivity index (χ2n) is 8.59. The van der Waals surface area contributed by atoms with E-state index in [-0.39, 0.29) is 28.8 Å². The lowest BCUT2D eigenvalue weighted by Gasteiger charge is -2.18. The van der Waals surface area contributed by atoms with E-state index in [1.54, 1.807) is 24.3 Å². The van der Waals surface area contributed by atoms with Crippen molar-refractivity contribution < 1.29 is 17.7 Å². The van der Waals surface area contributed by atoms with Crippen molar-refractivity contribution in [2.24, 2.45) is 5.92 Å². The van der Waals surface area contributed by atoms with Crippen molar-refractivity contribution >= 4 is 15.9 Å². The van der Waals surface area contributed by atoms with Gasteiger partial charge in [0, 0.05) is 18.4 Å². The largest absolute Gasteiger partial charge is 0.344 e. The molecule has 1 unspecified atom stereocenters. The molecule has 8 nitrogen and oxygen atoms in total. The van der Waals surface area contributed by atoms with E-state index in [4.69, 9.17) is 4.52 Å². The first-order valence-corrected chi connectivity index (χ1v) is 12.0. The maximum atomic E-state index is 12.5. The van der Waals surface area contributed by atoms with Crippen LogP contribution in [0.3, 0.4) is 0 Å². The van der Waals surface area contributed by atoms with E-state index < -0.39 is 10.0 Å². The molecule has 1 aromatic heterocycles. The zero-order valence-corrected chi connectivity index (χ0v) is 18.1. The number of hydrogen-bond donors (Lipinski definition) is 2. The number of amides is 1. The molecule has 0 saturated heterocycles. The molecule has 0 aliphatic heterocycles. The van der Waals surface area contributed by atoms with E-state index in [1.165, 1.54) is 0 Å². The first-order chi connectivity index (χ1) is 14.3. The number of nitrogens with zero attached hydrogens (tertiary/aromatic N) is 2. The van der Waals surface area contributed by atoms with Crippen LogP contribution in [0.5, 0.6) is 0 Å². The molecule has 0 radical (unpaired) electrons. The molecule has 30 heavy (non-hydrogen) atoms. The van der Waals surface area contributed by atoms with E-state index in [1.807, 2.05) is 13.8 Å². The average Bonchev–Trinajstić information content (AvgIpc) is 3.65. The summed E-state index contributed by atoms with van der Waals surface area (Å²) in [4.78, 5) is 17.2. The Morgan fingerprint density at radius 2 is 1.87 bits per heavy atom. The Bertz CT molecular complexity index is 992. The van der Waals surface area contributed by atoms with Gasteiger partial charge in [-0.1, -0.05) is 31.1 Å². The second-order valence-corrected chi connectivity index (χ2v) is 10.3. The molecule has 162 valence electrons. The summed E-state index contributed by atoms with van der Waals surface area (Å²) in [6.45, 7) is 4.00. The van der Waals surface area contributed by atoms with Gasteiger partial charge in [0.1, 0.15) is 6.04 Å². The van der Waals surface area contributed by atoms with Crippen molar-refractivity contribution in [2.45, 2.75) is 75.3 Å². The number of sulfonamides is 1. The highest BCUT2D eigenvalue weighted by atomic mass is 32.2. The zero-order valence-electron chi connectivity index (χ0n) is 17.3. The lowest BCUT2D eigenvalue weighted by atomic mass is 10.0. The summed E-state index contributed by atoms with van der Waals surface area (Å²) < 4.78 is 32.5. The van der Waals surface area contributed by atoms with E-state index in [0.29, 0.717) is 24.7 Å². The minimum atomic E-state index is -3.45. The van der Waals surface area contributed by atoms with Crippen LogP contribution >= 0.6 is 0 Å². The molecule has 9 heteroatoms. The quantitative estimate of drug-likeness (QED) is 0.597. The van der Waals surface area contributed by atoms with E-state index >= 15 is 0 Å². The normalized spacial score (nSPS) is 17.8. The lowest BCUT2D eigenvalue weighted by Crippen LogP contribution is -2.32. The third-order valence-electron chi connectivity index (χ3n) is 5.42. The van der Waals surface area contributed by atoms with Gasteiger partial charge in [-0.2, -0.15) is 4.98 Å². The molecule has 0 spiro atoms. The standard InChI is InChI=1S/C21H28N4O4S/c1-13(2)19(21-23-20(24-29-21)15-6-7-15)22-18(26)12-5-14-3-10-17(11-4-14)30(27,28)25-16-8-9-16/h3-4,10-11,13,15-16,19,25H,5-9,12H2,1-2H3,(H,22,26). The molecule has 1 aromatic carbocycles. The van der Waals surface area contributed by atoms with Crippen molar-refractivity contribution in [3.05, 3.63) is 41.5 Å². The van der Waals surface area contributed by atoms with Gasteiger partial charge in [-0.3, -0.25) is 4.79 Å². The number of aromatic nitrogens is 2. The molecular weight excluding hydrogens is 404 g/mol. The Kier molecular flexibility index (Phi) is 5.92. The van der Waals surface area contributed by atoms with Gasteiger partial charge < -0.3 is 9.84 Å². The number of carbonyl (C=O) groups is 1. The fourth-order valence-electron chi connectivity index (χ4n) is 3.22. The van der Waals surface area contributed by atoms with Crippen LogP contribution in [0.25, 0.3) is 0 Å². The molecule has 0 bridgehead atoms. The van der Waals surface area contributed by atoms with Crippen molar-refractivity contribution in [1.29, 1.82) is 0 Å². The van der Waals surface area contributed by atoms with Gasteiger partial charge in [0.15, 0.2) is 5.82 Å². The monoisotopic (exact) mass is 432 g/mol. The van der Waals surface area contributed by atoms with Crippen LogP contribution in [0.15, 0.2) is 33.7 Å². The van der Waals surface area contributed by atoms with Gasteiger partial charge in [0.05, 0.1) is 4.90 Å². The molecule has 2 aliphatic rings. The van der Waals surface area contributed by atoms with Gasteiger partial charge >= 0.3 is 0 Å². The number of rotatable bonds is 10. The third kappa shape index (κ3) is 5.26. The molecule has 2 N–H and O–H groups in total. The predicted octanol–water partition coefficient (Wildman–Crippen LogP) is 2.83. The molecule has 2 aliphatic carbocycles. The summed E-state index contributed by atoms with van der Waals surface area (Å²) in [5.41, 5.74) is 0.908. The fourth-order valence-corrected chi connectivity index (χ4v) is 4.53.